The molecule has 1 aromatic rings. The van der Waals surface area contributed by atoms with Gasteiger partial charge in [-0.3, -0.25) is 9.69 Å². The van der Waals surface area contributed by atoms with Crippen LogP contribution in [-0.2, 0) is 0 Å². The number of piperidine rings is 1. The molecule has 0 N–H and O–H groups in total. The van der Waals surface area contributed by atoms with Gasteiger partial charge in [0.1, 0.15) is 5.82 Å². The van der Waals surface area contributed by atoms with Crippen LogP contribution in [0.1, 0.15) is 50.9 Å². The summed E-state index contributed by atoms with van der Waals surface area (Å²) in [5, 5.41) is 0. The second kappa shape index (κ2) is 6.27. The van der Waals surface area contributed by atoms with E-state index in [2.05, 4.69) is 25.7 Å². The monoisotopic (exact) mass is 291 g/mol. The van der Waals surface area contributed by atoms with Gasteiger partial charge in [0.25, 0.3) is 0 Å². The summed E-state index contributed by atoms with van der Waals surface area (Å²) in [6.07, 6.45) is 2.29. The van der Waals surface area contributed by atoms with Gasteiger partial charge >= 0.3 is 0 Å². The van der Waals surface area contributed by atoms with Gasteiger partial charge in [0, 0.05) is 5.56 Å². The Balaban J connectivity index is 1.97. The van der Waals surface area contributed by atoms with E-state index in [9.17, 15) is 9.18 Å². The Morgan fingerprint density at radius 1 is 1.19 bits per heavy atom. The van der Waals surface area contributed by atoms with E-state index in [1.165, 1.54) is 12.1 Å². The van der Waals surface area contributed by atoms with Crippen molar-refractivity contribution in [1.29, 1.82) is 0 Å². The molecule has 1 fully saturated rings. The highest BCUT2D eigenvalue weighted by molar-refractivity contribution is 5.99. The van der Waals surface area contributed by atoms with Crippen LogP contribution in [0.25, 0.3) is 0 Å². The van der Waals surface area contributed by atoms with Gasteiger partial charge in [-0.2, -0.15) is 0 Å². The molecule has 2 rings (SSSR count). The number of benzene rings is 1. The maximum atomic E-state index is 12.9. The van der Waals surface area contributed by atoms with E-state index in [4.69, 9.17) is 0 Å². The first-order chi connectivity index (χ1) is 9.79. The van der Waals surface area contributed by atoms with Crippen molar-refractivity contribution in [1.82, 2.24) is 4.90 Å². The minimum atomic E-state index is -0.301. The van der Waals surface area contributed by atoms with Gasteiger partial charge < -0.3 is 0 Å². The van der Waals surface area contributed by atoms with Gasteiger partial charge in [-0.15, -0.1) is 0 Å². The molecule has 1 saturated heterocycles. The van der Waals surface area contributed by atoms with Crippen LogP contribution in [0.5, 0.6) is 0 Å². The number of rotatable bonds is 3. The molecule has 0 bridgehead atoms. The van der Waals surface area contributed by atoms with E-state index in [1.807, 2.05) is 6.92 Å². The predicted octanol–water partition coefficient (Wildman–Crippen LogP) is 4.16. The van der Waals surface area contributed by atoms with Gasteiger partial charge in [-0.25, -0.2) is 4.39 Å². The fourth-order valence-corrected chi connectivity index (χ4v) is 3.17. The van der Waals surface area contributed by atoms with Crippen molar-refractivity contribution < 1.29 is 9.18 Å². The molecule has 1 aliphatic rings. The summed E-state index contributed by atoms with van der Waals surface area (Å²) in [6, 6.07) is 5.74. The number of Topliss-reactive ketones (excluding diaryl/α,β-unsaturated/α-hetero) is 1. The number of carbonyl (C=O) groups is 1. The van der Waals surface area contributed by atoms with E-state index in [0.29, 0.717) is 11.0 Å². The van der Waals surface area contributed by atoms with Crippen LogP contribution < -0.4 is 0 Å². The second-order valence-corrected chi connectivity index (χ2v) is 7.22. The fourth-order valence-electron chi connectivity index (χ4n) is 3.17. The Bertz CT molecular complexity index is 481. The van der Waals surface area contributed by atoms with Crippen molar-refractivity contribution in [2.24, 2.45) is 11.3 Å². The molecule has 21 heavy (non-hydrogen) atoms. The third kappa shape index (κ3) is 3.91. The third-order valence-electron chi connectivity index (χ3n) is 4.81. The summed E-state index contributed by atoms with van der Waals surface area (Å²) in [4.78, 5) is 14.7. The first kappa shape index (κ1) is 16.2. The van der Waals surface area contributed by atoms with Gasteiger partial charge in [-0.1, -0.05) is 20.8 Å². The number of hydrogen-bond acceptors (Lipinski definition) is 2. The summed E-state index contributed by atoms with van der Waals surface area (Å²) >= 11 is 0. The first-order valence-corrected chi connectivity index (χ1v) is 7.83. The Kier molecular flexibility index (Phi) is 4.82. The average Bonchev–Trinajstić information content (AvgIpc) is 2.46. The van der Waals surface area contributed by atoms with E-state index < -0.39 is 0 Å². The van der Waals surface area contributed by atoms with Gasteiger partial charge in [-0.05, 0) is 68.5 Å². The average molecular weight is 291 g/mol. The summed E-state index contributed by atoms with van der Waals surface area (Å²) < 4.78 is 12.9. The van der Waals surface area contributed by atoms with Crippen LogP contribution in [-0.4, -0.2) is 29.8 Å². The second-order valence-electron chi connectivity index (χ2n) is 7.22. The molecule has 1 heterocycles. The van der Waals surface area contributed by atoms with Gasteiger partial charge in [0.05, 0.1) is 6.04 Å². The normalized spacial score (nSPS) is 19.5. The minimum absolute atomic E-state index is 0.0872. The quantitative estimate of drug-likeness (QED) is 0.780. The Labute approximate surface area is 127 Å². The fraction of sp³-hybridized carbons (Fsp3) is 0.611. The van der Waals surface area contributed by atoms with Crippen molar-refractivity contribution in [3.63, 3.8) is 0 Å². The standard InChI is InChI=1S/C18H26FNO/c1-13(17(21)14-5-7-16(19)8-6-14)20-11-9-15(10-12-20)18(2,3)4/h5-8,13,15H,9-12H2,1-4H3. The summed E-state index contributed by atoms with van der Waals surface area (Å²) in [7, 11) is 0. The molecule has 0 spiro atoms. The molecule has 1 atom stereocenters. The lowest BCUT2D eigenvalue weighted by atomic mass is 9.75. The largest absolute Gasteiger partial charge is 0.293 e. The summed E-state index contributed by atoms with van der Waals surface area (Å²) in [5.74, 6) is 0.510. The Morgan fingerprint density at radius 3 is 2.19 bits per heavy atom. The third-order valence-corrected chi connectivity index (χ3v) is 4.81. The van der Waals surface area contributed by atoms with Crippen LogP contribution in [0.15, 0.2) is 24.3 Å². The predicted molar refractivity (Wildman–Crippen MR) is 83.9 cm³/mol. The minimum Gasteiger partial charge on any atom is -0.293 e. The van der Waals surface area contributed by atoms with E-state index in [-0.39, 0.29) is 17.6 Å². The summed E-state index contributed by atoms with van der Waals surface area (Å²) in [6.45, 7) is 10.8. The molecule has 3 heteroatoms. The maximum absolute atomic E-state index is 12.9. The molecule has 0 radical (unpaired) electrons. The molecule has 1 aromatic carbocycles. The topological polar surface area (TPSA) is 20.3 Å². The molecule has 1 aliphatic heterocycles. The SMILES string of the molecule is CC(C(=O)c1ccc(F)cc1)N1CCC(C(C)(C)C)CC1. The number of hydrogen-bond donors (Lipinski definition) is 0. The van der Waals surface area contributed by atoms with Crippen LogP contribution in [0.3, 0.4) is 0 Å². The number of likely N-dealkylation sites (tertiary alicyclic amines) is 1. The van der Waals surface area contributed by atoms with Crippen LogP contribution in [0.2, 0.25) is 0 Å². The Hall–Kier alpha value is -1.22. The zero-order chi connectivity index (χ0) is 15.6. The van der Waals surface area contributed by atoms with Crippen molar-refractivity contribution >= 4 is 5.78 Å². The highest BCUT2D eigenvalue weighted by Gasteiger charge is 2.32. The molecule has 0 saturated carbocycles. The van der Waals surface area contributed by atoms with E-state index >= 15 is 0 Å². The van der Waals surface area contributed by atoms with Gasteiger partial charge in [0.15, 0.2) is 5.78 Å². The van der Waals surface area contributed by atoms with E-state index in [0.717, 1.165) is 31.8 Å². The van der Waals surface area contributed by atoms with Crippen LogP contribution >= 0.6 is 0 Å². The molecule has 0 aromatic heterocycles. The van der Waals surface area contributed by atoms with Crippen LogP contribution in [0, 0.1) is 17.2 Å². The van der Waals surface area contributed by atoms with Crippen molar-refractivity contribution in [3.8, 4) is 0 Å². The molecule has 1 unspecified atom stereocenters. The molecular formula is C18H26FNO. The van der Waals surface area contributed by atoms with E-state index in [1.54, 1.807) is 12.1 Å². The number of ketones is 1. The zero-order valence-corrected chi connectivity index (χ0v) is 13.5. The van der Waals surface area contributed by atoms with Crippen LogP contribution in [0.4, 0.5) is 4.39 Å². The lowest BCUT2D eigenvalue weighted by molar-refractivity contribution is 0.0660. The van der Waals surface area contributed by atoms with Crippen molar-refractivity contribution in [2.75, 3.05) is 13.1 Å². The lowest BCUT2D eigenvalue weighted by Gasteiger charge is -2.40. The maximum Gasteiger partial charge on any atom is 0.179 e. The molecular weight excluding hydrogens is 265 g/mol. The van der Waals surface area contributed by atoms with Gasteiger partial charge in [0.2, 0.25) is 0 Å². The smallest absolute Gasteiger partial charge is 0.179 e. The first-order valence-electron chi connectivity index (χ1n) is 7.83. The number of halogens is 1. The summed E-state index contributed by atoms with van der Waals surface area (Å²) in [5.41, 5.74) is 0.942. The highest BCUT2D eigenvalue weighted by Crippen LogP contribution is 2.34. The van der Waals surface area contributed by atoms with Crippen molar-refractivity contribution in [3.05, 3.63) is 35.6 Å². The molecule has 0 amide bonds. The molecule has 0 aliphatic carbocycles. The number of nitrogens with zero attached hydrogens (tertiary/aromatic N) is 1. The molecule has 2 nitrogen and oxygen atoms in total. The zero-order valence-electron chi connectivity index (χ0n) is 13.5. The Morgan fingerprint density at radius 2 is 1.71 bits per heavy atom. The highest BCUT2D eigenvalue weighted by atomic mass is 19.1. The van der Waals surface area contributed by atoms with Crippen molar-refractivity contribution in [2.45, 2.75) is 46.6 Å². The lowest BCUT2D eigenvalue weighted by Crippen LogP contribution is -2.45. The number of carbonyl (C=O) groups excluding carboxylic acids is 1. The molecule has 116 valence electrons.